The van der Waals surface area contributed by atoms with Gasteiger partial charge in [-0.25, -0.2) is 4.39 Å². The third-order valence-electron chi connectivity index (χ3n) is 1.74. The number of alkyl halides is 1. The minimum Gasteiger partial charge on any atom is -0.324 e. The topological polar surface area (TPSA) is 29.1 Å². The molecule has 82 valence electrons. The van der Waals surface area contributed by atoms with Crippen molar-refractivity contribution in [3.8, 4) is 0 Å². The zero-order valence-corrected chi connectivity index (χ0v) is 12.0. The van der Waals surface area contributed by atoms with E-state index in [1.165, 1.54) is 6.07 Å². The van der Waals surface area contributed by atoms with Gasteiger partial charge in [-0.15, -0.1) is 0 Å². The number of benzene rings is 1. The summed E-state index contributed by atoms with van der Waals surface area (Å²) in [6.07, 6.45) is 0. The maximum absolute atomic E-state index is 13.2. The van der Waals surface area contributed by atoms with Crippen molar-refractivity contribution in [3.05, 3.63) is 27.6 Å². The Morgan fingerprint density at radius 1 is 1.53 bits per heavy atom. The molecule has 0 fully saturated rings. The molecule has 0 saturated heterocycles. The molecule has 15 heavy (non-hydrogen) atoms. The number of anilines is 1. The number of amides is 1. The largest absolute Gasteiger partial charge is 0.324 e. The third-order valence-corrected chi connectivity index (χ3v) is 3.20. The normalized spacial score (nSPS) is 11.3. The average molecular weight is 386 g/mol. The Balaban J connectivity index is 2.91. The molecule has 5 heteroatoms. The van der Waals surface area contributed by atoms with E-state index in [-0.39, 0.29) is 11.7 Å². The molecule has 1 N–H and O–H groups in total. The van der Waals surface area contributed by atoms with Gasteiger partial charge >= 0.3 is 0 Å². The summed E-state index contributed by atoms with van der Waals surface area (Å²) in [6.45, 7) is 3.46. The van der Waals surface area contributed by atoms with Crippen LogP contribution in [0.1, 0.15) is 13.8 Å². The summed E-state index contributed by atoms with van der Waals surface area (Å²) in [5.74, 6) is -0.535. The molecule has 0 unspecified atom stereocenters. The van der Waals surface area contributed by atoms with Gasteiger partial charge in [-0.2, -0.15) is 0 Å². The van der Waals surface area contributed by atoms with Gasteiger partial charge in [-0.3, -0.25) is 4.79 Å². The summed E-state index contributed by atoms with van der Waals surface area (Å²) in [6, 6.07) is 4.59. The summed E-state index contributed by atoms with van der Waals surface area (Å²) < 4.78 is 12.9. The van der Waals surface area contributed by atoms with Crippen molar-refractivity contribution < 1.29 is 9.18 Å². The van der Waals surface area contributed by atoms with Gasteiger partial charge in [0, 0.05) is 0 Å². The standard InChI is InChI=1S/C10H10BrFINO/c1-10(2,11)9(15)14-7-5-3-4-6(12)8(7)13/h3-5H,1-2H3,(H,14,15). The Kier molecular flexibility index (Phi) is 4.11. The van der Waals surface area contributed by atoms with Crippen LogP contribution in [0.3, 0.4) is 0 Å². The van der Waals surface area contributed by atoms with E-state index in [1.54, 1.807) is 26.0 Å². The summed E-state index contributed by atoms with van der Waals surface area (Å²) in [7, 11) is 0. The fourth-order valence-electron chi connectivity index (χ4n) is 0.871. The summed E-state index contributed by atoms with van der Waals surface area (Å²) in [5.41, 5.74) is 0.494. The number of nitrogens with one attached hydrogen (secondary N) is 1. The Morgan fingerprint density at radius 2 is 2.13 bits per heavy atom. The lowest BCUT2D eigenvalue weighted by Crippen LogP contribution is -2.31. The number of carbonyl (C=O) groups excluding carboxylic acids is 1. The van der Waals surface area contributed by atoms with Gasteiger partial charge in [-0.05, 0) is 48.6 Å². The van der Waals surface area contributed by atoms with Crippen LogP contribution in [0.15, 0.2) is 18.2 Å². The SMILES string of the molecule is CC(C)(Br)C(=O)Nc1cccc(F)c1I. The summed E-state index contributed by atoms with van der Waals surface area (Å²) in [5, 5.41) is 2.66. The van der Waals surface area contributed by atoms with Gasteiger partial charge in [0.25, 0.3) is 0 Å². The van der Waals surface area contributed by atoms with Gasteiger partial charge < -0.3 is 5.32 Å². The number of hydrogen-bond donors (Lipinski definition) is 1. The second-order valence-corrected chi connectivity index (χ2v) is 6.59. The van der Waals surface area contributed by atoms with E-state index < -0.39 is 4.32 Å². The highest BCUT2D eigenvalue weighted by atomic mass is 127. The molecule has 1 aromatic carbocycles. The molecule has 0 saturated carbocycles. The second kappa shape index (κ2) is 4.78. The van der Waals surface area contributed by atoms with E-state index in [4.69, 9.17) is 0 Å². The van der Waals surface area contributed by atoms with Crippen molar-refractivity contribution in [3.63, 3.8) is 0 Å². The average Bonchev–Trinajstić information content (AvgIpc) is 2.11. The van der Waals surface area contributed by atoms with Crippen LogP contribution in [0.2, 0.25) is 0 Å². The molecule has 0 radical (unpaired) electrons. The predicted octanol–water partition coefficient (Wildman–Crippen LogP) is 3.54. The first-order valence-electron chi connectivity index (χ1n) is 4.27. The lowest BCUT2D eigenvalue weighted by atomic mass is 10.2. The fraction of sp³-hybridized carbons (Fsp3) is 0.300. The molecule has 0 aliphatic heterocycles. The molecule has 0 aromatic heterocycles. The number of hydrogen-bond acceptors (Lipinski definition) is 1. The van der Waals surface area contributed by atoms with Crippen molar-refractivity contribution >= 4 is 50.1 Å². The van der Waals surface area contributed by atoms with E-state index in [2.05, 4.69) is 21.2 Å². The van der Waals surface area contributed by atoms with Crippen molar-refractivity contribution in [1.82, 2.24) is 0 Å². The number of rotatable bonds is 2. The van der Waals surface area contributed by atoms with Crippen LogP contribution in [-0.4, -0.2) is 10.2 Å². The highest BCUT2D eigenvalue weighted by molar-refractivity contribution is 14.1. The van der Waals surface area contributed by atoms with E-state index in [9.17, 15) is 9.18 Å². The Morgan fingerprint density at radius 3 is 2.67 bits per heavy atom. The van der Waals surface area contributed by atoms with Crippen molar-refractivity contribution in [2.24, 2.45) is 0 Å². The van der Waals surface area contributed by atoms with Gasteiger partial charge in [0.1, 0.15) is 5.82 Å². The lowest BCUT2D eigenvalue weighted by molar-refractivity contribution is -0.117. The number of halogens is 3. The van der Waals surface area contributed by atoms with Crippen molar-refractivity contribution in [2.45, 2.75) is 18.2 Å². The highest BCUT2D eigenvalue weighted by Gasteiger charge is 2.24. The maximum atomic E-state index is 13.2. The molecule has 0 aliphatic carbocycles. The van der Waals surface area contributed by atoms with Crippen LogP contribution in [0, 0.1) is 9.39 Å². The van der Waals surface area contributed by atoms with Gasteiger partial charge in [0.2, 0.25) is 5.91 Å². The quantitative estimate of drug-likeness (QED) is 0.612. The second-order valence-electron chi connectivity index (χ2n) is 3.53. The molecule has 1 amide bonds. The van der Waals surface area contributed by atoms with E-state index in [0.717, 1.165) is 0 Å². The van der Waals surface area contributed by atoms with Crippen molar-refractivity contribution in [2.75, 3.05) is 5.32 Å². The van der Waals surface area contributed by atoms with Gasteiger partial charge in [0.05, 0.1) is 13.6 Å². The van der Waals surface area contributed by atoms with Crippen LogP contribution in [0.5, 0.6) is 0 Å². The van der Waals surface area contributed by atoms with Crippen LogP contribution in [0.25, 0.3) is 0 Å². The van der Waals surface area contributed by atoms with Crippen LogP contribution < -0.4 is 5.32 Å². The molecule has 0 aliphatic rings. The molecule has 0 bridgehead atoms. The number of carbonyl (C=O) groups is 1. The van der Waals surface area contributed by atoms with E-state index in [0.29, 0.717) is 9.26 Å². The van der Waals surface area contributed by atoms with Crippen molar-refractivity contribution in [1.29, 1.82) is 0 Å². The Bertz CT molecular complexity index is 389. The molecule has 0 heterocycles. The first kappa shape index (κ1) is 12.9. The van der Waals surface area contributed by atoms with E-state index in [1.807, 2.05) is 22.6 Å². The highest BCUT2D eigenvalue weighted by Crippen LogP contribution is 2.24. The molecule has 2 nitrogen and oxygen atoms in total. The summed E-state index contributed by atoms with van der Waals surface area (Å²) in [4.78, 5) is 11.6. The first-order valence-corrected chi connectivity index (χ1v) is 6.14. The minimum atomic E-state index is -0.664. The fourth-order valence-corrected chi connectivity index (χ4v) is 1.46. The minimum absolute atomic E-state index is 0.203. The Hall–Kier alpha value is -0.170. The zero-order chi connectivity index (χ0) is 11.6. The predicted molar refractivity (Wildman–Crippen MR) is 70.8 cm³/mol. The van der Waals surface area contributed by atoms with Crippen LogP contribution in [0.4, 0.5) is 10.1 Å². The first-order chi connectivity index (χ1) is 6.82. The Labute approximate surface area is 110 Å². The zero-order valence-electron chi connectivity index (χ0n) is 8.27. The van der Waals surface area contributed by atoms with Gasteiger partial charge in [-0.1, -0.05) is 22.0 Å². The smallest absolute Gasteiger partial charge is 0.240 e. The molecule has 0 spiro atoms. The van der Waals surface area contributed by atoms with Crippen LogP contribution in [-0.2, 0) is 4.79 Å². The van der Waals surface area contributed by atoms with E-state index >= 15 is 0 Å². The maximum Gasteiger partial charge on any atom is 0.240 e. The molecule has 1 rings (SSSR count). The van der Waals surface area contributed by atoms with Gasteiger partial charge in [0.15, 0.2) is 0 Å². The third kappa shape index (κ3) is 3.41. The van der Waals surface area contributed by atoms with Crippen LogP contribution >= 0.6 is 38.5 Å². The lowest BCUT2D eigenvalue weighted by Gasteiger charge is -2.16. The molecule has 1 aromatic rings. The summed E-state index contributed by atoms with van der Waals surface area (Å²) >= 11 is 5.10. The molecular formula is C10H10BrFINO. The molecular weight excluding hydrogens is 376 g/mol. The monoisotopic (exact) mass is 385 g/mol. The molecule has 0 atom stereocenters.